The summed E-state index contributed by atoms with van der Waals surface area (Å²) in [5, 5.41) is 2.54. The zero-order chi connectivity index (χ0) is 24.3. The van der Waals surface area contributed by atoms with Gasteiger partial charge in [0.2, 0.25) is 10.0 Å². The van der Waals surface area contributed by atoms with E-state index in [-0.39, 0.29) is 16.9 Å². The highest BCUT2D eigenvalue weighted by atomic mass is 32.2. The molecule has 33 heavy (non-hydrogen) atoms. The highest BCUT2D eigenvalue weighted by Crippen LogP contribution is 2.19. The largest absolute Gasteiger partial charge is 0.449 e. The second kappa shape index (κ2) is 9.33. The molecule has 1 atom stereocenters. The molecule has 10 nitrogen and oxygen atoms in total. The summed E-state index contributed by atoms with van der Waals surface area (Å²) in [4.78, 5) is 38.2. The molecule has 0 aliphatic rings. The van der Waals surface area contributed by atoms with Crippen molar-refractivity contribution >= 4 is 33.3 Å². The summed E-state index contributed by atoms with van der Waals surface area (Å²) in [6.45, 7) is 3.04. The summed E-state index contributed by atoms with van der Waals surface area (Å²) in [7, 11) is -1.94. The molecule has 2 aromatic carbocycles. The molecule has 0 radical (unpaired) electrons. The van der Waals surface area contributed by atoms with Crippen molar-refractivity contribution in [2.24, 2.45) is 7.05 Å². The van der Waals surface area contributed by atoms with Crippen LogP contribution in [0, 0.1) is 6.92 Å². The van der Waals surface area contributed by atoms with Crippen LogP contribution in [-0.4, -0.2) is 42.0 Å². The number of benzene rings is 2. The number of anilines is 2. The van der Waals surface area contributed by atoms with Crippen molar-refractivity contribution in [3.05, 3.63) is 76.2 Å². The first kappa shape index (κ1) is 23.8. The number of aromatic nitrogens is 2. The minimum absolute atomic E-state index is 0.0299. The zero-order valence-electron chi connectivity index (χ0n) is 18.5. The predicted octanol–water partition coefficient (Wildman–Crippen LogP) is 2.04. The van der Waals surface area contributed by atoms with Crippen LogP contribution in [0.4, 0.5) is 11.4 Å². The average Bonchev–Trinajstić information content (AvgIpc) is 2.96. The molecule has 1 amide bonds. The van der Waals surface area contributed by atoms with E-state index < -0.39 is 33.6 Å². The molecule has 3 aromatic rings. The molecule has 0 bridgehead atoms. The monoisotopic (exact) mass is 472 g/mol. The molecule has 0 aliphatic heterocycles. The maximum atomic E-state index is 12.9. The lowest BCUT2D eigenvalue weighted by molar-refractivity contribution is -0.123. The first-order valence-corrected chi connectivity index (χ1v) is 11.8. The Morgan fingerprint density at radius 3 is 2.27 bits per heavy atom. The SMILES string of the molecule is Cc1c(NC(=O)C(C)OC(=O)c2ccccc2NS(C)(=O)=O)c(=O)n(-c2ccccc2)n1C. The molecule has 1 aromatic heterocycles. The molecular weight excluding hydrogens is 448 g/mol. The summed E-state index contributed by atoms with van der Waals surface area (Å²) in [6.07, 6.45) is -0.303. The Hall–Kier alpha value is -3.86. The fourth-order valence-electron chi connectivity index (χ4n) is 3.16. The van der Waals surface area contributed by atoms with Crippen molar-refractivity contribution in [2.45, 2.75) is 20.0 Å². The number of esters is 1. The normalized spacial score (nSPS) is 12.1. The van der Waals surface area contributed by atoms with E-state index in [0.29, 0.717) is 11.4 Å². The molecular formula is C22H24N4O6S. The van der Waals surface area contributed by atoms with Gasteiger partial charge in [-0.05, 0) is 38.1 Å². The predicted molar refractivity (Wildman–Crippen MR) is 124 cm³/mol. The Morgan fingerprint density at radius 2 is 1.64 bits per heavy atom. The van der Waals surface area contributed by atoms with Crippen LogP contribution in [0.3, 0.4) is 0 Å². The highest BCUT2D eigenvalue weighted by Gasteiger charge is 2.25. The van der Waals surface area contributed by atoms with Gasteiger partial charge in [0.05, 0.1) is 28.9 Å². The highest BCUT2D eigenvalue weighted by molar-refractivity contribution is 7.92. The molecule has 174 valence electrons. The molecule has 0 spiro atoms. The second-order valence-corrected chi connectivity index (χ2v) is 9.14. The summed E-state index contributed by atoms with van der Waals surface area (Å²) in [6, 6.07) is 14.8. The van der Waals surface area contributed by atoms with Gasteiger partial charge in [0.15, 0.2) is 6.10 Å². The summed E-state index contributed by atoms with van der Waals surface area (Å²) < 4.78 is 33.6. The molecule has 0 aliphatic carbocycles. The van der Waals surface area contributed by atoms with Crippen LogP contribution >= 0.6 is 0 Å². The number of carbonyl (C=O) groups is 2. The van der Waals surface area contributed by atoms with E-state index in [1.165, 1.54) is 29.8 Å². The maximum absolute atomic E-state index is 12.9. The van der Waals surface area contributed by atoms with Crippen LogP contribution < -0.4 is 15.6 Å². The first-order valence-electron chi connectivity index (χ1n) is 9.92. The van der Waals surface area contributed by atoms with Crippen LogP contribution in [-0.2, 0) is 26.6 Å². The lowest BCUT2D eigenvalue weighted by atomic mass is 10.2. The molecule has 0 fully saturated rings. The van der Waals surface area contributed by atoms with Crippen molar-refractivity contribution in [2.75, 3.05) is 16.3 Å². The number of hydrogen-bond donors (Lipinski definition) is 2. The van der Waals surface area contributed by atoms with Gasteiger partial charge in [-0.15, -0.1) is 0 Å². The molecule has 1 unspecified atom stereocenters. The van der Waals surface area contributed by atoms with Gasteiger partial charge in [0.1, 0.15) is 5.69 Å². The lowest BCUT2D eigenvalue weighted by Crippen LogP contribution is -2.32. The quantitative estimate of drug-likeness (QED) is 0.507. The van der Waals surface area contributed by atoms with Crippen molar-refractivity contribution in [1.29, 1.82) is 0 Å². The van der Waals surface area contributed by atoms with E-state index in [2.05, 4.69) is 10.0 Å². The Morgan fingerprint density at radius 1 is 1.03 bits per heavy atom. The number of para-hydroxylation sites is 2. The zero-order valence-corrected chi connectivity index (χ0v) is 19.3. The molecule has 3 rings (SSSR count). The van der Waals surface area contributed by atoms with Gasteiger partial charge in [-0.1, -0.05) is 30.3 Å². The van der Waals surface area contributed by atoms with Gasteiger partial charge in [-0.25, -0.2) is 17.9 Å². The van der Waals surface area contributed by atoms with Crippen molar-refractivity contribution in [3.8, 4) is 5.69 Å². The fourth-order valence-corrected chi connectivity index (χ4v) is 3.74. The number of amides is 1. The Balaban J connectivity index is 1.79. The van der Waals surface area contributed by atoms with E-state index in [1.54, 1.807) is 49.0 Å². The topological polar surface area (TPSA) is 128 Å². The minimum Gasteiger partial charge on any atom is -0.449 e. The van der Waals surface area contributed by atoms with Gasteiger partial charge >= 0.3 is 5.97 Å². The number of ether oxygens (including phenoxy) is 1. The van der Waals surface area contributed by atoms with Gasteiger partial charge in [-0.2, -0.15) is 0 Å². The number of nitrogens with one attached hydrogen (secondary N) is 2. The van der Waals surface area contributed by atoms with Crippen molar-refractivity contribution in [3.63, 3.8) is 0 Å². The lowest BCUT2D eigenvalue weighted by Gasteiger charge is -2.15. The van der Waals surface area contributed by atoms with Crippen LogP contribution in [0.15, 0.2) is 59.4 Å². The van der Waals surface area contributed by atoms with Crippen LogP contribution in [0.2, 0.25) is 0 Å². The van der Waals surface area contributed by atoms with E-state index in [1.807, 2.05) is 6.07 Å². The van der Waals surface area contributed by atoms with Gasteiger partial charge in [0, 0.05) is 7.05 Å². The first-order chi connectivity index (χ1) is 15.5. The van der Waals surface area contributed by atoms with Gasteiger partial charge in [0.25, 0.3) is 11.5 Å². The van der Waals surface area contributed by atoms with E-state index in [4.69, 9.17) is 4.74 Å². The summed E-state index contributed by atoms with van der Waals surface area (Å²) in [5.74, 6) is -1.60. The minimum atomic E-state index is -3.63. The van der Waals surface area contributed by atoms with Gasteiger partial charge in [-0.3, -0.25) is 19.0 Å². The smallest absolute Gasteiger partial charge is 0.341 e. The average molecular weight is 473 g/mol. The van der Waals surface area contributed by atoms with E-state index >= 15 is 0 Å². The standard InChI is InChI=1S/C22H24N4O6S/c1-14-19(21(28)26(25(14)3)16-10-6-5-7-11-16)23-20(27)15(2)32-22(29)17-12-8-9-13-18(17)24-33(4,30)31/h5-13,15,24H,1-4H3,(H,23,27). The second-order valence-electron chi connectivity index (χ2n) is 7.39. The third kappa shape index (κ3) is 5.32. The van der Waals surface area contributed by atoms with Crippen molar-refractivity contribution < 1.29 is 22.7 Å². The number of sulfonamides is 1. The third-order valence-electron chi connectivity index (χ3n) is 4.90. The molecule has 0 saturated heterocycles. The van der Waals surface area contributed by atoms with Crippen LogP contribution in [0.25, 0.3) is 5.69 Å². The number of rotatable bonds is 7. The Kier molecular flexibility index (Phi) is 6.73. The Bertz CT molecular complexity index is 1360. The van der Waals surface area contributed by atoms with Crippen LogP contribution in [0.5, 0.6) is 0 Å². The summed E-state index contributed by atoms with van der Waals surface area (Å²) >= 11 is 0. The molecule has 2 N–H and O–H groups in total. The fraction of sp³-hybridized carbons (Fsp3) is 0.227. The third-order valence-corrected chi connectivity index (χ3v) is 5.49. The van der Waals surface area contributed by atoms with Crippen molar-refractivity contribution in [1.82, 2.24) is 9.36 Å². The molecule has 1 heterocycles. The van der Waals surface area contributed by atoms with E-state index in [0.717, 1.165) is 6.26 Å². The number of hydrogen-bond acceptors (Lipinski definition) is 6. The number of nitrogens with zero attached hydrogens (tertiary/aromatic N) is 2. The Labute approximate surface area is 190 Å². The van der Waals surface area contributed by atoms with E-state index in [9.17, 15) is 22.8 Å². The summed E-state index contributed by atoms with van der Waals surface area (Å²) in [5.41, 5.74) is 0.748. The maximum Gasteiger partial charge on any atom is 0.341 e. The van der Waals surface area contributed by atoms with Gasteiger partial charge < -0.3 is 10.1 Å². The molecule has 11 heteroatoms. The molecule has 0 saturated carbocycles. The van der Waals surface area contributed by atoms with Crippen LogP contribution in [0.1, 0.15) is 23.0 Å². The number of carbonyl (C=O) groups excluding carboxylic acids is 2.